The van der Waals surface area contributed by atoms with Gasteiger partial charge in [0.1, 0.15) is 0 Å². The third-order valence-electron chi connectivity index (χ3n) is 5.18. The number of unbranched alkanes of at least 4 members (excludes halogenated alkanes) is 2. The zero-order chi connectivity index (χ0) is 16.3. The van der Waals surface area contributed by atoms with Gasteiger partial charge in [-0.15, -0.1) is 0 Å². The van der Waals surface area contributed by atoms with Gasteiger partial charge < -0.3 is 9.84 Å². The summed E-state index contributed by atoms with van der Waals surface area (Å²) in [5, 5.41) is 9.47. The van der Waals surface area contributed by atoms with Gasteiger partial charge >= 0.3 is 5.97 Å². The van der Waals surface area contributed by atoms with Crippen LogP contribution in [0.5, 0.6) is 0 Å². The molecule has 2 fully saturated rings. The molecule has 4 heteroatoms. The van der Waals surface area contributed by atoms with Gasteiger partial charge in [0.05, 0.1) is 0 Å². The monoisotopic (exact) mass is 340 g/mol. The van der Waals surface area contributed by atoms with E-state index >= 15 is 0 Å². The maximum atomic E-state index is 10.4. The van der Waals surface area contributed by atoms with E-state index in [9.17, 15) is 4.79 Å². The number of aliphatic carboxylic acids is 1. The first-order valence-electron chi connectivity index (χ1n) is 9.34. The molecule has 2 aliphatic rings. The van der Waals surface area contributed by atoms with Crippen LogP contribution >= 0.6 is 11.8 Å². The average molecular weight is 341 g/mol. The topological polar surface area (TPSA) is 46.5 Å². The van der Waals surface area contributed by atoms with Gasteiger partial charge in [0.25, 0.3) is 0 Å². The molecule has 1 saturated carbocycles. The average Bonchev–Trinajstić information content (AvgIpc) is 2.99. The van der Waals surface area contributed by atoms with Crippen LogP contribution in [0.3, 0.4) is 0 Å². The maximum Gasteiger partial charge on any atom is 0.327 e. The van der Waals surface area contributed by atoms with Crippen molar-refractivity contribution in [1.29, 1.82) is 0 Å². The Morgan fingerprint density at radius 1 is 1.09 bits per heavy atom. The summed E-state index contributed by atoms with van der Waals surface area (Å²) in [4.78, 5) is 10.4. The fraction of sp³-hybridized carbons (Fsp3) is 0.842. The van der Waals surface area contributed by atoms with E-state index in [0.717, 1.165) is 43.1 Å². The van der Waals surface area contributed by atoms with Crippen LogP contribution in [0.1, 0.15) is 64.2 Å². The molecule has 0 aromatic rings. The molecule has 3 nitrogen and oxygen atoms in total. The van der Waals surface area contributed by atoms with E-state index in [0.29, 0.717) is 0 Å². The fourth-order valence-corrected chi connectivity index (χ4v) is 5.19. The third-order valence-corrected chi connectivity index (χ3v) is 6.60. The largest absolute Gasteiger partial charge is 0.478 e. The van der Waals surface area contributed by atoms with Crippen LogP contribution in [0.15, 0.2) is 12.2 Å². The van der Waals surface area contributed by atoms with Crippen molar-refractivity contribution in [2.75, 3.05) is 19.0 Å². The summed E-state index contributed by atoms with van der Waals surface area (Å²) in [6.45, 7) is 1.89. The zero-order valence-corrected chi connectivity index (χ0v) is 15.1. The van der Waals surface area contributed by atoms with E-state index in [1.165, 1.54) is 63.2 Å². The SMILES string of the molecule is O=C(O)/C=C/CCCCC1COCC1CCSC1CCCCC1. The highest BCUT2D eigenvalue weighted by Crippen LogP contribution is 2.33. The predicted molar refractivity (Wildman–Crippen MR) is 97.0 cm³/mol. The molecule has 1 saturated heterocycles. The van der Waals surface area contributed by atoms with Crippen molar-refractivity contribution < 1.29 is 14.6 Å². The number of hydrogen-bond acceptors (Lipinski definition) is 3. The molecule has 0 spiro atoms. The van der Waals surface area contributed by atoms with E-state index in [1.807, 2.05) is 0 Å². The molecular formula is C19H32O3S. The molecule has 132 valence electrons. The summed E-state index contributed by atoms with van der Waals surface area (Å²) in [5.41, 5.74) is 0. The Labute approximate surface area is 145 Å². The smallest absolute Gasteiger partial charge is 0.327 e. The molecule has 2 rings (SSSR count). The molecule has 2 unspecified atom stereocenters. The van der Waals surface area contributed by atoms with E-state index in [2.05, 4.69) is 11.8 Å². The molecule has 0 bridgehead atoms. The van der Waals surface area contributed by atoms with E-state index in [4.69, 9.17) is 9.84 Å². The number of allylic oxidation sites excluding steroid dienone is 1. The van der Waals surface area contributed by atoms with Gasteiger partial charge in [-0.3, -0.25) is 0 Å². The minimum absolute atomic E-state index is 0.727. The lowest BCUT2D eigenvalue weighted by Gasteiger charge is -2.22. The number of carboxylic acid groups (broad SMARTS) is 1. The molecule has 1 heterocycles. The lowest BCUT2D eigenvalue weighted by molar-refractivity contribution is -0.131. The van der Waals surface area contributed by atoms with Crippen molar-refractivity contribution in [2.45, 2.75) is 69.5 Å². The molecule has 23 heavy (non-hydrogen) atoms. The number of hydrogen-bond donors (Lipinski definition) is 1. The summed E-state index contributed by atoms with van der Waals surface area (Å²) in [6, 6.07) is 0. The van der Waals surface area contributed by atoms with Crippen molar-refractivity contribution in [3.8, 4) is 0 Å². The van der Waals surface area contributed by atoms with Crippen LogP contribution in [-0.4, -0.2) is 35.3 Å². The van der Waals surface area contributed by atoms with Gasteiger partial charge in [-0.05, 0) is 56.1 Å². The Balaban J connectivity index is 1.54. The molecule has 0 aromatic carbocycles. The van der Waals surface area contributed by atoms with Crippen LogP contribution in [0.2, 0.25) is 0 Å². The van der Waals surface area contributed by atoms with Crippen molar-refractivity contribution >= 4 is 17.7 Å². The first-order valence-corrected chi connectivity index (χ1v) is 10.4. The maximum absolute atomic E-state index is 10.4. The number of carbonyl (C=O) groups is 1. The first-order chi connectivity index (χ1) is 11.3. The van der Waals surface area contributed by atoms with Gasteiger partial charge in [-0.1, -0.05) is 31.8 Å². The number of rotatable bonds is 10. The number of thioether (sulfide) groups is 1. The highest BCUT2D eigenvalue weighted by atomic mass is 32.2. The van der Waals surface area contributed by atoms with Gasteiger partial charge in [0, 0.05) is 24.5 Å². The van der Waals surface area contributed by atoms with Crippen LogP contribution in [0.4, 0.5) is 0 Å². The van der Waals surface area contributed by atoms with Crippen molar-refractivity contribution in [2.24, 2.45) is 11.8 Å². The van der Waals surface area contributed by atoms with Gasteiger partial charge in [-0.25, -0.2) is 4.79 Å². The van der Waals surface area contributed by atoms with Crippen molar-refractivity contribution in [3.05, 3.63) is 12.2 Å². The predicted octanol–water partition coefficient (Wildman–Crippen LogP) is 4.91. The minimum Gasteiger partial charge on any atom is -0.478 e. The zero-order valence-electron chi connectivity index (χ0n) is 14.3. The summed E-state index contributed by atoms with van der Waals surface area (Å²) in [6.07, 6.45) is 15.9. The molecule has 1 aliphatic heterocycles. The van der Waals surface area contributed by atoms with Gasteiger partial charge in [0.2, 0.25) is 0 Å². The Bertz CT molecular complexity index is 364. The summed E-state index contributed by atoms with van der Waals surface area (Å²) in [5.74, 6) is 1.94. The molecule has 0 aromatic heterocycles. The highest BCUT2D eigenvalue weighted by Gasteiger charge is 2.27. The number of ether oxygens (including phenoxy) is 1. The lowest BCUT2D eigenvalue weighted by Crippen LogP contribution is -2.15. The highest BCUT2D eigenvalue weighted by molar-refractivity contribution is 7.99. The van der Waals surface area contributed by atoms with Gasteiger partial charge in [-0.2, -0.15) is 11.8 Å². The molecular weight excluding hydrogens is 308 g/mol. The first kappa shape index (κ1) is 18.9. The van der Waals surface area contributed by atoms with Crippen LogP contribution in [0.25, 0.3) is 0 Å². The van der Waals surface area contributed by atoms with Crippen molar-refractivity contribution in [3.63, 3.8) is 0 Å². The summed E-state index contributed by atoms with van der Waals surface area (Å²) < 4.78 is 5.72. The normalized spacial score (nSPS) is 26.1. The van der Waals surface area contributed by atoms with Crippen LogP contribution in [0, 0.1) is 11.8 Å². The summed E-state index contributed by atoms with van der Waals surface area (Å²) in [7, 11) is 0. The fourth-order valence-electron chi connectivity index (χ4n) is 3.75. The molecule has 2 atom stereocenters. The minimum atomic E-state index is -0.843. The Hall–Kier alpha value is -0.480. The van der Waals surface area contributed by atoms with Crippen LogP contribution < -0.4 is 0 Å². The van der Waals surface area contributed by atoms with E-state index in [-0.39, 0.29) is 0 Å². The Kier molecular flexibility index (Phi) is 9.13. The molecule has 0 amide bonds. The lowest BCUT2D eigenvalue weighted by atomic mass is 9.89. The second kappa shape index (κ2) is 11.1. The molecule has 0 radical (unpaired) electrons. The second-order valence-corrected chi connectivity index (χ2v) is 8.41. The Morgan fingerprint density at radius 2 is 1.83 bits per heavy atom. The number of carboxylic acids is 1. The van der Waals surface area contributed by atoms with Crippen molar-refractivity contribution in [1.82, 2.24) is 0 Å². The Morgan fingerprint density at radius 3 is 2.57 bits per heavy atom. The van der Waals surface area contributed by atoms with E-state index < -0.39 is 5.97 Å². The van der Waals surface area contributed by atoms with Crippen LogP contribution in [-0.2, 0) is 9.53 Å². The van der Waals surface area contributed by atoms with E-state index in [1.54, 1.807) is 6.08 Å². The molecule has 1 aliphatic carbocycles. The van der Waals surface area contributed by atoms with Gasteiger partial charge in [0.15, 0.2) is 0 Å². The molecule has 1 N–H and O–H groups in total. The standard InChI is InChI=1S/C19H32O3S/c20-19(21)11-7-2-1-4-8-16-14-22-15-17(16)12-13-23-18-9-5-3-6-10-18/h7,11,16-18H,1-6,8-10,12-15H2,(H,20,21)/b11-7+. The third kappa shape index (κ3) is 7.75. The quantitative estimate of drug-likeness (QED) is 0.453. The second-order valence-electron chi connectivity index (χ2n) is 7.00. The summed E-state index contributed by atoms with van der Waals surface area (Å²) >= 11 is 2.20.